The molecule has 0 heterocycles. The molecule has 0 radical (unpaired) electrons. The average Bonchev–Trinajstić information content (AvgIpc) is 2.73. The lowest BCUT2D eigenvalue weighted by molar-refractivity contribution is -0.139. The number of carboxylic acids is 1. The van der Waals surface area contributed by atoms with Crippen molar-refractivity contribution in [3.8, 4) is 0 Å². The Morgan fingerprint density at radius 3 is 2.57 bits per heavy atom. The summed E-state index contributed by atoms with van der Waals surface area (Å²) in [6.45, 7) is 0. The first-order chi connectivity index (χ1) is 10.5. The zero-order chi connectivity index (χ0) is 17.4. The molecule has 0 aliphatic heterocycles. The molecule has 23 heavy (non-hydrogen) atoms. The van der Waals surface area contributed by atoms with Gasteiger partial charge in [0.2, 0.25) is 5.92 Å². The van der Waals surface area contributed by atoms with Crippen molar-refractivity contribution in [3.63, 3.8) is 0 Å². The van der Waals surface area contributed by atoms with E-state index < -0.39 is 27.6 Å². The van der Waals surface area contributed by atoms with Gasteiger partial charge >= 0.3 is 5.97 Å². The van der Waals surface area contributed by atoms with Crippen molar-refractivity contribution in [1.82, 2.24) is 0 Å². The van der Waals surface area contributed by atoms with Gasteiger partial charge in [0.25, 0.3) is 0 Å². The lowest BCUT2D eigenvalue weighted by Gasteiger charge is -2.18. The Hall–Kier alpha value is -1.21. The molecule has 1 aromatic rings. The third-order valence-electron chi connectivity index (χ3n) is 4.13. The fourth-order valence-electron chi connectivity index (χ4n) is 2.99. The van der Waals surface area contributed by atoms with Crippen molar-refractivity contribution in [1.29, 1.82) is 0 Å². The second-order valence-electron chi connectivity index (χ2n) is 6.05. The monoisotopic (exact) mass is 366 g/mol. The third-order valence-corrected chi connectivity index (χ3v) is 5.71. The van der Waals surface area contributed by atoms with E-state index in [-0.39, 0.29) is 41.5 Å². The number of halogens is 3. The molecule has 0 saturated heterocycles. The average molecular weight is 367 g/mol. The third kappa shape index (κ3) is 4.41. The molecular formula is C15H17ClF2O4S. The van der Waals surface area contributed by atoms with Crippen molar-refractivity contribution in [2.75, 3.05) is 6.26 Å². The van der Waals surface area contributed by atoms with E-state index in [4.69, 9.17) is 11.6 Å². The van der Waals surface area contributed by atoms with Crippen LogP contribution in [0.25, 0.3) is 0 Å². The molecule has 2 rings (SSSR count). The number of carboxylic acid groups (broad SMARTS) is 1. The molecule has 1 saturated carbocycles. The van der Waals surface area contributed by atoms with Crippen LogP contribution in [0.5, 0.6) is 0 Å². The lowest BCUT2D eigenvalue weighted by atomic mass is 9.88. The Labute approximate surface area is 138 Å². The predicted molar refractivity (Wildman–Crippen MR) is 81.8 cm³/mol. The molecule has 1 aromatic carbocycles. The molecule has 1 N–H and O–H groups in total. The van der Waals surface area contributed by atoms with Crippen LogP contribution in [0, 0.1) is 5.92 Å². The SMILES string of the molecule is CS(=O)(=O)c1ccc(C(C[C@H]2CCC(F)(F)C2)C(=O)O)cc1Cl. The maximum atomic E-state index is 13.3. The molecule has 8 heteroatoms. The van der Waals surface area contributed by atoms with Crippen LogP contribution in [0.4, 0.5) is 8.78 Å². The van der Waals surface area contributed by atoms with Crippen LogP contribution in [-0.2, 0) is 14.6 Å². The summed E-state index contributed by atoms with van der Waals surface area (Å²) in [5.74, 6) is -5.23. The fraction of sp³-hybridized carbons (Fsp3) is 0.533. The van der Waals surface area contributed by atoms with Crippen LogP contribution in [0.2, 0.25) is 5.02 Å². The molecule has 1 aliphatic carbocycles. The second kappa shape index (κ2) is 6.36. The number of rotatable bonds is 5. The van der Waals surface area contributed by atoms with Crippen molar-refractivity contribution < 1.29 is 27.1 Å². The molecule has 2 atom stereocenters. The molecule has 1 aliphatic rings. The Morgan fingerprint density at radius 1 is 1.48 bits per heavy atom. The Kier molecular flexibility index (Phi) is 5.01. The van der Waals surface area contributed by atoms with Crippen molar-refractivity contribution >= 4 is 27.4 Å². The minimum atomic E-state index is -3.51. The molecule has 128 valence electrons. The number of benzene rings is 1. The normalized spacial score (nSPS) is 22.0. The van der Waals surface area contributed by atoms with E-state index in [1.807, 2.05) is 0 Å². The van der Waals surface area contributed by atoms with Gasteiger partial charge in [0.05, 0.1) is 15.8 Å². The molecular weight excluding hydrogens is 350 g/mol. The van der Waals surface area contributed by atoms with Gasteiger partial charge in [-0.05, 0) is 36.5 Å². The van der Waals surface area contributed by atoms with Crippen molar-refractivity contribution in [2.24, 2.45) is 5.92 Å². The highest BCUT2D eigenvalue weighted by atomic mass is 35.5. The van der Waals surface area contributed by atoms with E-state index in [0.717, 1.165) is 6.26 Å². The number of alkyl halides is 2. The summed E-state index contributed by atoms with van der Waals surface area (Å²) in [5.41, 5.74) is 0.324. The largest absolute Gasteiger partial charge is 0.481 e. The van der Waals surface area contributed by atoms with Gasteiger partial charge in [-0.3, -0.25) is 4.79 Å². The Balaban J connectivity index is 2.25. The lowest BCUT2D eigenvalue weighted by Crippen LogP contribution is -2.17. The highest BCUT2D eigenvalue weighted by Gasteiger charge is 2.41. The van der Waals surface area contributed by atoms with E-state index in [1.165, 1.54) is 18.2 Å². The molecule has 0 amide bonds. The van der Waals surface area contributed by atoms with Gasteiger partial charge in [0.15, 0.2) is 9.84 Å². The highest BCUT2D eigenvalue weighted by Crippen LogP contribution is 2.43. The van der Waals surface area contributed by atoms with Gasteiger partial charge < -0.3 is 5.11 Å². The van der Waals surface area contributed by atoms with Crippen molar-refractivity contribution in [2.45, 2.75) is 42.4 Å². The summed E-state index contributed by atoms with van der Waals surface area (Å²) in [7, 11) is -3.51. The molecule has 4 nitrogen and oxygen atoms in total. The Bertz CT molecular complexity index is 718. The molecule has 0 spiro atoms. The fourth-order valence-corrected chi connectivity index (χ4v) is 4.33. The van der Waals surface area contributed by atoms with Gasteiger partial charge in [-0.25, -0.2) is 17.2 Å². The van der Waals surface area contributed by atoms with Crippen LogP contribution in [0.15, 0.2) is 23.1 Å². The van der Waals surface area contributed by atoms with E-state index >= 15 is 0 Å². The summed E-state index contributed by atoms with van der Waals surface area (Å²) < 4.78 is 49.6. The summed E-state index contributed by atoms with van der Waals surface area (Å²) >= 11 is 5.93. The maximum absolute atomic E-state index is 13.3. The predicted octanol–water partition coefficient (Wildman–Crippen LogP) is 3.74. The van der Waals surface area contributed by atoms with E-state index in [9.17, 15) is 27.1 Å². The maximum Gasteiger partial charge on any atom is 0.310 e. The van der Waals surface area contributed by atoms with E-state index in [1.54, 1.807) is 0 Å². The number of sulfone groups is 1. The van der Waals surface area contributed by atoms with E-state index in [2.05, 4.69) is 0 Å². The molecule has 0 aromatic heterocycles. The zero-order valence-electron chi connectivity index (χ0n) is 12.4. The first-order valence-electron chi connectivity index (χ1n) is 7.10. The van der Waals surface area contributed by atoms with Gasteiger partial charge in [0.1, 0.15) is 0 Å². The molecule has 1 fully saturated rings. The van der Waals surface area contributed by atoms with Crippen LogP contribution >= 0.6 is 11.6 Å². The number of hydrogen-bond donors (Lipinski definition) is 1. The first kappa shape index (κ1) is 18.1. The summed E-state index contributed by atoms with van der Waals surface area (Å²) in [5, 5.41) is 9.33. The van der Waals surface area contributed by atoms with Crippen LogP contribution in [0.3, 0.4) is 0 Å². The van der Waals surface area contributed by atoms with Crippen LogP contribution in [-0.4, -0.2) is 31.7 Å². The highest BCUT2D eigenvalue weighted by molar-refractivity contribution is 7.90. The van der Waals surface area contributed by atoms with Crippen LogP contribution < -0.4 is 0 Å². The van der Waals surface area contributed by atoms with E-state index in [0.29, 0.717) is 5.56 Å². The van der Waals surface area contributed by atoms with Gasteiger partial charge in [-0.2, -0.15) is 0 Å². The minimum Gasteiger partial charge on any atom is -0.481 e. The van der Waals surface area contributed by atoms with Gasteiger partial charge in [-0.15, -0.1) is 0 Å². The quantitative estimate of drug-likeness (QED) is 0.861. The van der Waals surface area contributed by atoms with Crippen LogP contribution in [0.1, 0.15) is 37.2 Å². The number of carbonyl (C=O) groups is 1. The summed E-state index contributed by atoms with van der Waals surface area (Å²) in [6, 6.07) is 3.93. The van der Waals surface area contributed by atoms with Crippen molar-refractivity contribution in [3.05, 3.63) is 28.8 Å². The first-order valence-corrected chi connectivity index (χ1v) is 9.37. The topological polar surface area (TPSA) is 71.4 Å². The standard InChI is InChI=1S/C15H17ClF2O4S/c1-23(21,22)13-3-2-10(7-12(13)16)11(14(19)20)6-9-4-5-15(17,18)8-9/h2-3,7,9,11H,4-6,8H2,1H3,(H,19,20)/t9-,11?/m1/s1. The number of aliphatic carboxylic acids is 1. The second-order valence-corrected chi connectivity index (χ2v) is 8.44. The molecule has 0 bridgehead atoms. The summed E-state index contributed by atoms with van der Waals surface area (Å²) in [6.07, 6.45) is 0.832. The van der Waals surface area contributed by atoms with Gasteiger partial charge in [-0.1, -0.05) is 17.7 Å². The number of hydrogen-bond acceptors (Lipinski definition) is 3. The smallest absolute Gasteiger partial charge is 0.310 e. The van der Waals surface area contributed by atoms with Gasteiger partial charge in [0, 0.05) is 19.1 Å². The summed E-state index contributed by atoms with van der Waals surface area (Å²) in [4.78, 5) is 11.4. The minimum absolute atomic E-state index is 0.0620. The molecule has 1 unspecified atom stereocenters. The Morgan fingerprint density at radius 2 is 2.13 bits per heavy atom. The zero-order valence-corrected chi connectivity index (χ0v) is 14.0.